The van der Waals surface area contributed by atoms with Gasteiger partial charge in [0.1, 0.15) is 23.7 Å². The standard InChI is InChI=1S/C25H16ClFN2O6/c26-20-12-14(4-9-21(20)35-13-15-2-1-3-16(10-15)24(32)33)11-19-22(30)28-25(34)29(23(19)31)18-7-5-17(27)6-8-18/h1-12H,13H2,(H,32,33)(H,28,30,34)/p-1/b19-11+. The summed E-state index contributed by atoms with van der Waals surface area (Å²) in [6.45, 7) is 0.0386. The molecule has 0 atom stereocenters. The number of hydrogen-bond acceptors (Lipinski definition) is 6. The Balaban J connectivity index is 1.54. The van der Waals surface area contributed by atoms with E-state index < -0.39 is 29.6 Å². The lowest BCUT2D eigenvalue weighted by Gasteiger charge is -2.26. The maximum atomic E-state index is 13.2. The Morgan fingerprint density at radius 1 is 1.06 bits per heavy atom. The molecule has 1 fully saturated rings. The second-order valence-electron chi connectivity index (χ2n) is 7.40. The number of hydrogen-bond donors (Lipinski definition) is 1. The first-order chi connectivity index (χ1) is 16.7. The molecule has 35 heavy (non-hydrogen) atoms. The minimum atomic E-state index is -1.30. The zero-order chi connectivity index (χ0) is 25.1. The Morgan fingerprint density at radius 3 is 2.49 bits per heavy atom. The highest BCUT2D eigenvalue weighted by Gasteiger charge is 2.36. The van der Waals surface area contributed by atoms with Gasteiger partial charge in [0.05, 0.1) is 16.7 Å². The van der Waals surface area contributed by atoms with Crippen molar-refractivity contribution in [3.05, 3.63) is 99.8 Å². The van der Waals surface area contributed by atoms with Crippen LogP contribution in [0.5, 0.6) is 5.75 Å². The largest absolute Gasteiger partial charge is 0.545 e. The van der Waals surface area contributed by atoms with E-state index in [0.717, 1.165) is 17.0 Å². The van der Waals surface area contributed by atoms with Crippen LogP contribution in [-0.4, -0.2) is 23.8 Å². The number of ether oxygens (including phenoxy) is 1. The molecule has 4 rings (SSSR count). The van der Waals surface area contributed by atoms with Gasteiger partial charge >= 0.3 is 6.03 Å². The summed E-state index contributed by atoms with van der Waals surface area (Å²) in [4.78, 5) is 49.2. The van der Waals surface area contributed by atoms with Crippen LogP contribution in [0.2, 0.25) is 5.02 Å². The fourth-order valence-corrected chi connectivity index (χ4v) is 3.57. The molecule has 176 valence electrons. The number of aromatic carboxylic acids is 1. The number of carboxylic acids is 1. The fourth-order valence-electron chi connectivity index (χ4n) is 3.32. The summed E-state index contributed by atoms with van der Waals surface area (Å²) in [5.41, 5.74) is 0.759. The SMILES string of the molecule is O=C1NC(=O)N(c2ccc(F)cc2)C(=O)/C1=C/c1ccc(OCc2cccc(C(=O)[O-])c2)c(Cl)c1. The molecule has 0 radical (unpaired) electrons. The summed E-state index contributed by atoms with van der Waals surface area (Å²) in [6, 6.07) is 14.3. The summed E-state index contributed by atoms with van der Waals surface area (Å²) in [5, 5.41) is 13.2. The molecule has 0 aliphatic carbocycles. The Hall–Kier alpha value is -4.50. The first-order valence-corrected chi connectivity index (χ1v) is 10.5. The molecular weight excluding hydrogens is 479 g/mol. The minimum Gasteiger partial charge on any atom is -0.545 e. The van der Waals surface area contributed by atoms with E-state index in [2.05, 4.69) is 5.32 Å². The third-order valence-corrected chi connectivity index (χ3v) is 5.31. The van der Waals surface area contributed by atoms with Crippen LogP contribution in [0, 0.1) is 5.82 Å². The number of carbonyl (C=O) groups excluding carboxylic acids is 4. The molecule has 0 unspecified atom stereocenters. The van der Waals surface area contributed by atoms with E-state index in [-0.39, 0.29) is 34.2 Å². The molecule has 4 amide bonds. The van der Waals surface area contributed by atoms with Gasteiger partial charge in [0.2, 0.25) is 0 Å². The number of anilines is 1. The normalized spacial score (nSPS) is 14.7. The third-order valence-electron chi connectivity index (χ3n) is 5.01. The van der Waals surface area contributed by atoms with Gasteiger partial charge in [-0.05, 0) is 65.2 Å². The second kappa shape index (κ2) is 9.78. The van der Waals surface area contributed by atoms with Gasteiger partial charge in [-0.1, -0.05) is 35.9 Å². The predicted molar refractivity (Wildman–Crippen MR) is 122 cm³/mol. The number of urea groups is 1. The maximum Gasteiger partial charge on any atom is 0.335 e. The van der Waals surface area contributed by atoms with Crippen LogP contribution in [0.4, 0.5) is 14.9 Å². The van der Waals surface area contributed by atoms with Crippen LogP contribution >= 0.6 is 11.6 Å². The molecule has 3 aromatic carbocycles. The number of rotatable bonds is 6. The number of halogens is 2. The van der Waals surface area contributed by atoms with Gasteiger partial charge in [0, 0.05) is 0 Å². The van der Waals surface area contributed by atoms with Crippen molar-refractivity contribution in [3.8, 4) is 5.75 Å². The number of imide groups is 2. The molecule has 0 spiro atoms. The van der Waals surface area contributed by atoms with Crippen LogP contribution in [0.1, 0.15) is 21.5 Å². The monoisotopic (exact) mass is 493 g/mol. The summed E-state index contributed by atoms with van der Waals surface area (Å²) in [5.74, 6) is -3.33. The third kappa shape index (κ3) is 5.20. The number of carboxylic acid groups (broad SMARTS) is 1. The average Bonchev–Trinajstić information content (AvgIpc) is 2.82. The lowest BCUT2D eigenvalue weighted by Crippen LogP contribution is -2.54. The topological polar surface area (TPSA) is 116 Å². The van der Waals surface area contributed by atoms with Gasteiger partial charge in [-0.2, -0.15) is 0 Å². The molecule has 1 N–H and O–H groups in total. The van der Waals surface area contributed by atoms with Crippen LogP contribution < -0.4 is 20.1 Å². The molecule has 0 bridgehead atoms. The highest BCUT2D eigenvalue weighted by Crippen LogP contribution is 2.28. The molecule has 8 nitrogen and oxygen atoms in total. The van der Waals surface area contributed by atoms with E-state index in [1.807, 2.05) is 0 Å². The Kier molecular flexibility index (Phi) is 6.61. The average molecular weight is 494 g/mol. The molecule has 3 aromatic rings. The maximum absolute atomic E-state index is 13.2. The van der Waals surface area contributed by atoms with Crippen molar-refractivity contribution in [2.24, 2.45) is 0 Å². The van der Waals surface area contributed by atoms with E-state index in [1.165, 1.54) is 42.5 Å². The highest BCUT2D eigenvalue weighted by atomic mass is 35.5. The van der Waals surface area contributed by atoms with Crippen LogP contribution in [0.15, 0.2) is 72.3 Å². The molecule has 0 aromatic heterocycles. The predicted octanol–water partition coefficient (Wildman–Crippen LogP) is 3.09. The molecule has 1 aliphatic rings. The van der Waals surface area contributed by atoms with E-state index in [1.54, 1.807) is 18.2 Å². The van der Waals surface area contributed by atoms with Crippen molar-refractivity contribution in [3.63, 3.8) is 0 Å². The van der Waals surface area contributed by atoms with Crippen molar-refractivity contribution in [1.82, 2.24) is 5.32 Å². The van der Waals surface area contributed by atoms with E-state index in [9.17, 15) is 28.7 Å². The van der Waals surface area contributed by atoms with E-state index in [4.69, 9.17) is 16.3 Å². The van der Waals surface area contributed by atoms with Crippen molar-refractivity contribution < 1.29 is 33.4 Å². The Morgan fingerprint density at radius 2 is 1.80 bits per heavy atom. The van der Waals surface area contributed by atoms with Gasteiger partial charge in [-0.15, -0.1) is 0 Å². The van der Waals surface area contributed by atoms with Gasteiger partial charge < -0.3 is 14.6 Å². The lowest BCUT2D eigenvalue weighted by atomic mass is 10.1. The number of benzene rings is 3. The Labute approximate surface area is 203 Å². The van der Waals surface area contributed by atoms with Crippen molar-refractivity contribution in [2.45, 2.75) is 6.61 Å². The molecule has 1 heterocycles. The van der Waals surface area contributed by atoms with Gasteiger partial charge in [-0.3, -0.25) is 14.9 Å². The van der Waals surface area contributed by atoms with Gasteiger partial charge in [0.25, 0.3) is 11.8 Å². The zero-order valence-electron chi connectivity index (χ0n) is 17.8. The first kappa shape index (κ1) is 23.7. The van der Waals surface area contributed by atoms with Crippen LogP contribution in [-0.2, 0) is 16.2 Å². The smallest absolute Gasteiger partial charge is 0.335 e. The molecule has 0 saturated carbocycles. The van der Waals surface area contributed by atoms with Crippen molar-refractivity contribution in [2.75, 3.05) is 4.90 Å². The van der Waals surface area contributed by atoms with Crippen LogP contribution in [0.25, 0.3) is 6.08 Å². The number of nitrogens with one attached hydrogen (secondary N) is 1. The van der Waals surface area contributed by atoms with E-state index >= 15 is 0 Å². The van der Waals surface area contributed by atoms with Crippen LogP contribution in [0.3, 0.4) is 0 Å². The van der Waals surface area contributed by atoms with Crippen molar-refractivity contribution >= 4 is 47.2 Å². The molecule has 1 aliphatic heterocycles. The zero-order valence-corrected chi connectivity index (χ0v) is 18.5. The minimum absolute atomic E-state index is 0.0164. The van der Waals surface area contributed by atoms with Gasteiger partial charge in [0.15, 0.2) is 0 Å². The fraction of sp³-hybridized carbons (Fsp3) is 0.0400. The summed E-state index contributed by atoms with van der Waals surface area (Å²) in [6.07, 6.45) is 1.26. The van der Waals surface area contributed by atoms with Gasteiger partial charge in [-0.25, -0.2) is 14.1 Å². The summed E-state index contributed by atoms with van der Waals surface area (Å²) in [7, 11) is 0. The van der Waals surface area contributed by atoms with Crippen molar-refractivity contribution in [1.29, 1.82) is 0 Å². The number of nitrogens with zero attached hydrogens (tertiary/aromatic N) is 1. The Bertz CT molecular complexity index is 1390. The lowest BCUT2D eigenvalue weighted by molar-refractivity contribution is -0.255. The number of barbiturate groups is 1. The quantitative estimate of drug-likeness (QED) is 0.417. The molecule has 10 heteroatoms. The first-order valence-electron chi connectivity index (χ1n) is 10.1. The number of carbonyl (C=O) groups is 4. The second-order valence-corrected chi connectivity index (χ2v) is 7.81. The summed E-state index contributed by atoms with van der Waals surface area (Å²) < 4.78 is 18.9. The van der Waals surface area contributed by atoms with E-state index in [0.29, 0.717) is 11.1 Å². The number of amides is 4. The molecular formula is C25H15ClFN2O6-. The summed E-state index contributed by atoms with van der Waals surface area (Å²) >= 11 is 6.29. The molecule has 1 saturated heterocycles. The highest BCUT2D eigenvalue weighted by molar-refractivity contribution is 6.39.